The number of hydrogen-bond acceptors (Lipinski definition) is 0. The van der Waals surface area contributed by atoms with Crippen molar-refractivity contribution >= 4 is 22.4 Å². The van der Waals surface area contributed by atoms with Gasteiger partial charge in [-0.15, -0.1) is 0 Å². The number of hydrogen-bond donors (Lipinski definition) is 0. The van der Waals surface area contributed by atoms with Gasteiger partial charge in [0.25, 0.3) is 0 Å². The molecule has 0 atom stereocenters. The minimum absolute atomic E-state index is 0.468. The molecule has 4 aromatic carbocycles. The summed E-state index contributed by atoms with van der Waals surface area (Å²) < 4.78 is 27.5. The van der Waals surface area contributed by atoms with Crippen molar-refractivity contribution in [2.24, 2.45) is 0 Å². The molecule has 0 radical (unpaired) electrons. The summed E-state index contributed by atoms with van der Waals surface area (Å²) in [4.78, 5) is 0. The zero-order chi connectivity index (χ0) is 21.1. The van der Waals surface area contributed by atoms with Gasteiger partial charge in [-0.05, 0) is 69.6 Å². The minimum atomic E-state index is -0.751. The van der Waals surface area contributed by atoms with Crippen molar-refractivity contribution in [3.8, 4) is 22.3 Å². The first-order valence-corrected chi connectivity index (χ1v) is 10.7. The highest BCUT2D eigenvalue weighted by atomic mass is 35.5. The molecular weight excluding hydrogens is 398 g/mol. The van der Waals surface area contributed by atoms with Gasteiger partial charge >= 0.3 is 0 Å². The lowest BCUT2D eigenvalue weighted by molar-refractivity contribution is 0.585. The van der Waals surface area contributed by atoms with Crippen LogP contribution in [-0.4, -0.2) is 0 Å². The molecule has 4 aromatic rings. The van der Waals surface area contributed by atoms with Crippen molar-refractivity contribution in [2.75, 3.05) is 0 Å². The molecule has 0 nitrogen and oxygen atoms in total. The van der Waals surface area contributed by atoms with Crippen molar-refractivity contribution in [3.05, 3.63) is 95.0 Å². The second-order valence-corrected chi connectivity index (χ2v) is 8.06. The van der Waals surface area contributed by atoms with Gasteiger partial charge in [-0.25, -0.2) is 8.78 Å². The first-order chi connectivity index (χ1) is 14.5. The summed E-state index contributed by atoms with van der Waals surface area (Å²) in [5.74, 6) is -1.50. The van der Waals surface area contributed by atoms with E-state index in [4.69, 9.17) is 11.6 Å². The third-order valence-electron chi connectivity index (χ3n) is 5.51. The molecule has 0 N–H and O–H groups in total. The number of aryl methyl sites for hydroxylation is 1. The Morgan fingerprint density at radius 1 is 0.633 bits per heavy atom. The van der Waals surface area contributed by atoms with Gasteiger partial charge in [0, 0.05) is 0 Å². The second-order valence-electron chi connectivity index (χ2n) is 7.68. The van der Waals surface area contributed by atoms with Gasteiger partial charge in [0.2, 0.25) is 0 Å². The third kappa shape index (κ3) is 4.39. The van der Waals surface area contributed by atoms with E-state index in [0.717, 1.165) is 23.1 Å². The van der Waals surface area contributed by atoms with Crippen molar-refractivity contribution in [1.29, 1.82) is 0 Å². The zero-order valence-corrected chi connectivity index (χ0v) is 17.6. The van der Waals surface area contributed by atoms with Gasteiger partial charge in [-0.2, -0.15) is 0 Å². The summed E-state index contributed by atoms with van der Waals surface area (Å²) in [6.07, 6.45) is 4.85. The molecule has 0 fully saturated rings. The maximum atomic E-state index is 13.8. The Morgan fingerprint density at radius 2 is 1.20 bits per heavy atom. The molecule has 0 aliphatic carbocycles. The van der Waals surface area contributed by atoms with Crippen LogP contribution in [0.5, 0.6) is 0 Å². The molecule has 0 heterocycles. The fraction of sp³-hybridized carbons (Fsp3) is 0.185. The molecule has 3 heteroatoms. The number of benzene rings is 4. The highest BCUT2D eigenvalue weighted by molar-refractivity contribution is 6.31. The lowest BCUT2D eigenvalue weighted by atomic mass is 9.97. The van der Waals surface area contributed by atoms with Crippen LogP contribution in [0.3, 0.4) is 0 Å². The average molecular weight is 421 g/mol. The van der Waals surface area contributed by atoms with Crippen LogP contribution in [0.1, 0.15) is 31.7 Å². The van der Waals surface area contributed by atoms with Gasteiger partial charge < -0.3 is 0 Å². The van der Waals surface area contributed by atoms with Crippen LogP contribution < -0.4 is 0 Å². The van der Waals surface area contributed by atoms with Crippen LogP contribution in [0.2, 0.25) is 5.02 Å². The fourth-order valence-corrected chi connectivity index (χ4v) is 3.90. The molecule has 0 aliphatic rings. The Morgan fingerprint density at radius 3 is 1.87 bits per heavy atom. The smallest absolute Gasteiger partial charge is 0.145 e. The highest BCUT2D eigenvalue weighted by Crippen LogP contribution is 2.30. The van der Waals surface area contributed by atoms with E-state index in [1.165, 1.54) is 47.7 Å². The number of halogens is 3. The lowest BCUT2D eigenvalue weighted by Crippen LogP contribution is -1.88. The van der Waals surface area contributed by atoms with E-state index in [9.17, 15) is 8.78 Å². The quantitative estimate of drug-likeness (QED) is 0.216. The van der Waals surface area contributed by atoms with Crippen LogP contribution >= 0.6 is 11.6 Å². The van der Waals surface area contributed by atoms with E-state index < -0.39 is 16.7 Å². The molecule has 30 heavy (non-hydrogen) atoms. The minimum Gasteiger partial charge on any atom is -0.205 e. The van der Waals surface area contributed by atoms with Crippen molar-refractivity contribution in [2.45, 2.75) is 32.6 Å². The summed E-state index contributed by atoms with van der Waals surface area (Å²) >= 11 is 5.58. The summed E-state index contributed by atoms with van der Waals surface area (Å²) in [6, 6.07) is 23.4. The van der Waals surface area contributed by atoms with E-state index in [0.29, 0.717) is 5.56 Å². The van der Waals surface area contributed by atoms with E-state index in [2.05, 4.69) is 43.3 Å². The van der Waals surface area contributed by atoms with Crippen LogP contribution in [-0.2, 0) is 6.42 Å². The van der Waals surface area contributed by atoms with Crippen molar-refractivity contribution in [1.82, 2.24) is 0 Å². The number of unbranched alkanes of at least 4 members (excludes halogenated alkanes) is 2. The predicted molar refractivity (Wildman–Crippen MR) is 123 cm³/mol. The monoisotopic (exact) mass is 420 g/mol. The van der Waals surface area contributed by atoms with Gasteiger partial charge in [-0.3, -0.25) is 0 Å². The van der Waals surface area contributed by atoms with Crippen molar-refractivity contribution in [3.63, 3.8) is 0 Å². The topological polar surface area (TPSA) is 0 Å². The molecule has 0 aliphatic heterocycles. The van der Waals surface area contributed by atoms with Crippen molar-refractivity contribution < 1.29 is 8.78 Å². The molecule has 0 saturated heterocycles. The van der Waals surface area contributed by atoms with Gasteiger partial charge in [0.15, 0.2) is 0 Å². The molecule has 152 valence electrons. The summed E-state index contributed by atoms with van der Waals surface area (Å²) in [5.41, 5.74) is 4.76. The molecule has 0 unspecified atom stereocenters. The van der Waals surface area contributed by atoms with Gasteiger partial charge in [-0.1, -0.05) is 86.0 Å². The largest absolute Gasteiger partial charge is 0.205 e. The van der Waals surface area contributed by atoms with Crippen LogP contribution in [0.15, 0.2) is 72.8 Å². The molecular formula is C27H23ClF2. The van der Waals surface area contributed by atoms with Crippen LogP contribution in [0.4, 0.5) is 8.78 Å². The van der Waals surface area contributed by atoms with E-state index >= 15 is 0 Å². The Balaban J connectivity index is 1.58. The second kappa shape index (κ2) is 8.97. The van der Waals surface area contributed by atoms with Crippen LogP contribution in [0, 0.1) is 11.6 Å². The highest BCUT2D eigenvalue weighted by Gasteiger charge is 2.10. The van der Waals surface area contributed by atoms with E-state index in [1.807, 2.05) is 24.3 Å². The Bertz CT molecular complexity index is 1160. The molecule has 0 saturated carbocycles. The molecule has 4 rings (SSSR count). The SMILES string of the molecule is CCCCCc1ccc2cc(-c3ccc(-c4cc(F)c(Cl)c(F)c4)cc3)ccc2c1. The molecule has 0 spiro atoms. The van der Waals surface area contributed by atoms with Gasteiger partial charge in [0.1, 0.15) is 16.7 Å². The van der Waals surface area contributed by atoms with E-state index in [-0.39, 0.29) is 0 Å². The Hall–Kier alpha value is -2.71. The number of rotatable bonds is 6. The maximum absolute atomic E-state index is 13.8. The first kappa shape index (κ1) is 20.6. The van der Waals surface area contributed by atoms with Gasteiger partial charge in [0.05, 0.1) is 0 Å². The molecule has 0 aromatic heterocycles. The average Bonchev–Trinajstić information content (AvgIpc) is 2.77. The lowest BCUT2D eigenvalue weighted by Gasteiger charge is -2.09. The first-order valence-electron chi connectivity index (χ1n) is 10.3. The standard InChI is InChI=1S/C27H23ClF2/c1-2-3-4-5-18-6-7-23-15-22(13-12-21(23)14-18)19-8-10-20(11-9-19)24-16-25(29)27(28)26(30)17-24/h6-17H,2-5H2,1H3. The molecule has 0 amide bonds. The zero-order valence-electron chi connectivity index (χ0n) is 16.9. The fourth-order valence-electron chi connectivity index (χ4n) is 3.79. The Kier molecular flexibility index (Phi) is 6.15. The summed E-state index contributed by atoms with van der Waals surface area (Å²) in [6.45, 7) is 2.22. The number of fused-ring (bicyclic) bond motifs is 1. The normalized spacial score (nSPS) is 11.2. The Labute approximate surface area is 181 Å². The van der Waals surface area contributed by atoms with E-state index in [1.54, 1.807) is 0 Å². The maximum Gasteiger partial charge on any atom is 0.145 e. The van der Waals surface area contributed by atoms with Crippen LogP contribution in [0.25, 0.3) is 33.0 Å². The molecule has 0 bridgehead atoms. The summed E-state index contributed by atoms with van der Waals surface area (Å²) in [5, 5.41) is 1.98. The summed E-state index contributed by atoms with van der Waals surface area (Å²) in [7, 11) is 0. The predicted octanol–water partition coefficient (Wildman–Crippen LogP) is 8.84. The third-order valence-corrected chi connectivity index (χ3v) is 5.87.